The Morgan fingerprint density at radius 2 is 0.667 bits per heavy atom. The topological polar surface area (TPSA) is 86.2 Å². The van der Waals surface area contributed by atoms with Crippen LogP contribution in [-0.2, 0) is 0 Å². The zero-order valence-electron chi connectivity index (χ0n) is 16.4. The summed E-state index contributed by atoms with van der Waals surface area (Å²) in [7, 11) is 0. The Kier molecular flexibility index (Phi) is 6.74. The summed E-state index contributed by atoms with van der Waals surface area (Å²) in [5, 5.41) is 0. The second kappa shape index (κ2) is 9.85. The number of nitrogen functional groups attached to an aromatic ring is 2. The summed E-state index contributed by atoms with van der Waals surface area (Å²) in [6.45, 7) is 0. The van der Waals surface area contributed by atoms with E-state index in [-0.39, 0.29) is 11.6 Å². The Balaban J connectivity index is 0.000000172. The zero-order chi connectivity index (χ0) is 21.3. The van der Waals surface area contributed by atoms with Gasteiger partial charge < -0.3 is 11.5 Å². The van der Waals surface area contributed by atoms with Crippen molar-refractivity contribution in [1.82, 2.24) is 0 Å². The highest BCUT2D eigenvalue weighted by molar-refractivity contribution is 6.09. The van der Waals surface area contributed by atoms with Crippen molar-refractivity contribution in [2.45, 2.75) is 0 Å². The average molecular weight is 394 g/mol. The number of anilines is 2. The van der Waals surface area contributed by atoms with E-state index in [1.165, 1.54) is 0 Å². The fraction of sp³-hybridized carbons (Fsp3) is 0. The molecule has 4 heteroatoms. The van der Waals surface area contributed by atoms with Crippen LogP contribution in [0.15, 0.2) is 109 Å². The van der Waals surface area contributed by atoms with E-state index in [0.29, 0.717) is 22.5 Å². The molecule has 0 saturated heterocycles. The number of carbonyl (C=O) groups excluding carboxylic acids is 2. The Hall–Kier alpha value is -4.18. The predicted octanol–water partition coefficient (Wildman–Crippen LogP) is 5.00. The van der Waals surface area contributed by atoms with Crippen LogP contribution in [0.3, 0.4) is 0 Å². The molecule has 0 aromatic heterocycles. The normalized spacial score (nSPS) is 9.87. The van der Waals surface area contributed by atoms with Crippen LogP contribution in [0.2, 0.25) is 0 Å². The molecule has 4 aromatic carbocycles. The first-order valence-corrected chi connectivity index (χ1v) is 9.45. The minimum Gasteiger partial charge on any atom is -0.399 e. The van der Waals surface area contributed by atoms with Gasteiger partial charge in [0.2, 0.25) is 0 Å². The summed E-state index contributed by atoms with van der Waals surface area (Å²) in [6, 6.07) is 32.3. The lowest BCUT2D eigenvalue weighted by molar-refractivity contribution is 0.103. The average Bonchev–Trinajstić information content (AvgIpc) is 2.81. The van der Waals surface area contributed by atoms with Gasteiger partial charge in [0, 0.05) is 33.6 Å². The van der Waals surface area contributed by atoms with Crippen molar-refractivity contribution in [1.29, 1.82) is 0 Å². The van der Waals surface area contributed by atoms with Gasteiger partial charge in [0.1, 0.15) is 0 Å². The van der Waals surface area contributed by atoms with Gasteiger partial charge in [0.15, 0.2) is 11.6 Å². The molecule has 0 spiro atoms. The number of hydrogen-bond acceptors (Lipinski definition) is 4. The van der Waals surface area contributed by atoms with Gasteiger partial charge in [0.05, 0.1) is 0 Å². The van der Waals surface area contributed by atoms with Crippen LogP contribution in [0, 0.1) is 0 Å². The Morgan fingerprint density at radius 3 is 0.967 bits per heavy atom. The summed E-state index contributed by atoms with van der Waals surface area (Å²) in [5.41, 5.74) is 15.1. The third-order valence-corrected chi connectivity index (χ3v) is 4.42. The molecule has 0 atom stereocenters. The van der Waals surface area contributed by atoms with Gasteiger partial charge in [-0.1, -0.05) is 60.7 Å². The summed E-state index contributed by atoms with van der Waals surface area (Å²) in [5.74, 6) is 0.0474. The summed E-state index contributed by atoms with van der Waals surface area (Å²) >= 11 is 0. The molecule has 4 N–H and O–H groups in total. The van der Waals surface area contributed by atoms with Crippen molar-refractivity contribution in [3.8, 4) is 0 Å². The number of ketones is 2. The van der Waals surface area contributed by atoms with Crippen molar-refractivity contribution in [2.24, 2.45) is 0 Å². The SMILES string of the molecule is Nc1ccc(C(=O)c2ccc(N)cc2)cc1.O=C(c1ccccc1)c1ccccc1. The van der Waals surface area contributed by atoms with E-state index in [0.717, 1.165) is 11.1 Å². The van der Waals surface area contributed by atoms with Gasteiger partial charge in [-0.15, -0.1) is 0 Å². The molecule has 0 saturated carbocycles. The molecular weight excluding hydrogens is 372 g/mol. The highest BCUT2D eigenvalue weighted by Crippen LogP contribution is 2.13. The van der Waals surface area contributed by atoms with Crippen LogP contribution in [0.5, 0.6) is 0 Å². The lowest BCUT2D eigenvalue weighted by Crippen LogP contribution is -2.01. The smallest absolute Gasteiger partial charge is 0.193 e. The maximum atomic E-state index is 12.0. The third-order valence-electron chi connectivity index (χ3n) is 4.42. The van der Waals surface area contributed by atoms with Crippen LogP contribution >= 0.6 is 0 Å². The number of nitrogens with two attached hydrogens (primary N) is 2. The van der Waals surface area contributed by atoms with Crippen LogP contribution in [0.25, 0.3) is 0 Å². The molecule has 4 nitrogen and oxygen atoms in total. The molecule has 0 fully saturated rings. The number of benzene rings is 4. The number of carbonyl (C=O) groups is 2. The number of rotatable bonds is 4. The summed E-state index contributed by atoms with van der Waals surface area (Å²) in [6.07, 6.45) is 0. The van der Waals surface area contributed by atoms with Crippen molar-refractivity contribution >= 4 is 22.9 Å². The Morgan fingerprint density at radius 1 is 0.400 bits per heavy atom. The third kappa shape index (κ3) is 5.42. The minimum absolute atomic E-state index is 0.0278. The van der Waals surface area contributed by atoms with E-state index in [1.54, 1.807) is 48.5 Å². The molecule has 30 heavy (non-hydrogen) atoms. The molecule has 0 heterocycles. The molecule has 4 rings (SSSR count). The van der Waals surface area contributed by atoms with Crippen molar-refractivity contribution < 1.29 is 9.59 Å². The highest BCUT2D eigenvalue weighted by Gasteiger charge is 2.08. The molecule has 0 amide bonds. The predicted molar refractivity (Wildman–Crippen MR) is 121 cm³/mol. The van der Waals surface area contributed by atoms with Crippen LogP contribution < -0.4 is 11.5 Å². The first-order valence-electron chi connectivity index (χ1n) is 9.45. The van der Waals surface area contributed by atoms with E-state index < -0.39 is 0 Å². The molecule has 0 unspecified atom stereocenters. The highest BCUT2D eigenvalue weighted by atomic mass is 16.1. The first-order chi connectivity index (χ1) is 14.5. The van der Waals surface area contributed by atoms with Crippen molar-refractivity contribution in [2.75, 3.05) is 11.5 Å². The van der Waals surface area contributed by atoms with Gasteiger partial charge in [-0.2, -0.15) is 0 Å². The molecule has 148 valence electrons. The molecule has 0 aliphatic carbocycles. The van der Waals surface area contributed by atoms with Gasteiger partial charge in [-0.25, -0.2) is 0 Å². The quantitative estimate of drug-likeness (QED) is 0.377. The van der Waals surface area contributed by atoms with E-state index in [2.05, 4.69) is 0 Å². The van der Waals surface area contributed by atoms with E-state index >= 15 is 0 Å². The van der Waals surface area contributed by atoms with Crippen LogP contribution in [0.4, 0.5) is 11.4 Å². The minimum atomic E-state index is -0.0278. The molecular formula is C26H22N2O2. The monoisotopic (exact) mass is 394 g/mol. The zero-order valence-corrected chi connectivity index (χ0v) is 16.4. The van der Waals surface area contributed by atoms with Crippen LogP contribution in [0.1, 0.15) is 31.8 Å². The van der Waals surface area contributed by atoms with E-state index in [1.807, 2.05) is 60.7 Å². The molecule has 0 aliphatic heterocycles. The van der Waals surface area contributed by atoms with Gasteiger partial charge >= 0.3 is 0 Å². The second-order valence-corrected chi connectivity index (χ2v) is 6.63. The largest absolute Gasteiger partial charge is 0.399 e. The van der Waals surface area contributed by atoms with Gasteiger partial charge in [-0.05, 0) is 48.5 Å². The van der Waals surface area contributed by atoms with Gasteiger partial charge in [-0.3, -0.25) is 9.59 Å². The van der Waals surface area contributed by atoms with E-state index in [4.69, 9.17) is 11.5 Å². The molecule has 0 radical (unpaired) electrons. The van der Waals surface area contributed by atoms with Crippen molar-refractivity contribution in [3.05, 3.63) is 131 Å². The Bertz CT molecular complexity index is 1020. The first kappa shape index (κ1) is 20.6. The van der Waals surface area contributed by atoms with Crippen molar-refractivity contribution in [3.63, 3.8) is 0 Å². The lowest BCUT2D eigenvalue weighted by Gasteiger charge is -2.02. The lowest BCUT2D eigenvalue weighted by atomic mass is 10.0. The Labute approximate surface area is 175 Å². The summed E-state index contributed by atoms with van der Waals surface area (Å²) < 4.78 is 0. The second-order valence-electron chi connectivity index (χ2n) is 6.63. The maximum Gasteiger partial charge on any atom is 0.193 e. The fourth-order valence-electron chi connectivity index (χ4n) is 2.78. The number of hydrogen-bond donors (Lipinski definition) is 2. The maximum absolute atomic E-state index is 12.0. The van der Waals surface area contributed by atoms with Gasteiger partial charge in [0.25, 0.3) is 0 Å². The molecule has 4 aromatic rings. The standard InChI is InChI=1S/C13H12N2O.C13H10O/c14-11-5-1-9(2-6-11)13(16)10-3-7-12(15)8-4-10;14-13(11-7-3-1-4-8-11)12-9-5-2-6-10-12/h1-8H,14-15H2;1-10H. The van der Waals surface area contributed by atoms with Crippen LogP contribution in [-0.4, -0.2) is 11.6 Å². The molecule has 0 bridgehead atoms. The van der Waals surface area contributed by atoms with E-state index in [9.17, 15) is 9.59 Å². The summed E-state index contributed by atoms with van der Waals surface area (Å²) in [4.78, 5) is 23.8. The molecule has 0 aliphatic rings. The fourth-order valence-corrected chi connectivity index (χ4v) is 2.78.